The molecule has 0 aliphatic heterocycles. The summed E-state index contributed by atoms with van der Waals surface area (Å²) in [6.07, 6.45) is 0.0611. The number of hydrogen-bond acceptors (Lipinski definition) is 4. The summed E-state index contributed by atoms with van der Waals surface area (Å²) in [6.45, 7) is 1.95. The molecule has 0 atom stereocenters. The van der Waals surface area contributed by atoms with Crippen LogP contribution in [0.2, 0.25) is 0 Å². The predicted molar refractivity (Wildman–Crippen MR) is 133 cm³/mol. The van der Waals surface area contributed by atoms with Gasteiger partial charge >= 0.3 is 11.9 Å². The van der Waals surface area contributed by atoms with Gasteiger partial charge in [0.15, 0.2) is 5.65 Å². The molecule has 6 aromatic rings. The summed E-state index contributed by atoms with van der Waals surface area (Å²) in [7, 11) is 0. The fourth-order valence-corrected chi connectivity index (χ4v) is 4.37. The molecule has 0 amide bonds. The molecule has 37 heavy (non-hydrogen) atoms. The van der Waals surface area contributed by atoms with Gasteiger partial charge < -0.3 is 4.98 Å². The zero-order valence-electron chi connectivity index (χ0n) is 19.5. The van der Waals surface area contributed by atoms with Gasteiger partial charge in [-0.3, -0.25) is 4.98 Å². The van der Waals surface area contributed by atoms with E-state index in [1.54, 1.807) is 6.20 Å². The van der Waals surface area contributed by atoms with Crippen molar-refractivity contribution in [1.82, 2.24) is 29.4 Å². The Bertz CT molecular complexity index is 1810. The number of benzene rings is 2. The Balaban J connectivity index is 1.52. The Hall–Kier alpha value is -4.73. The van der Waals surface area contributed by atoms with Gasteiger partial charge in [0.1, 0.15) is 5.69 Å². The molecule has 4 aromatic heterocycles. The van der Waals surface area contributed by atoms with Crippen molar-refractivity contribution in [2.45, 2.75) is 19.6 Å². The Morgan fingerprint density at radius 2 is 1.73 bits per heavy atom. The second kappa shape index (κ2) is 8.44. The Kier molecular flexibility index (Phi) is 5.18. The molecule has 0 aliphatic carbocycles. The smallest absolute Gasteiger partial charge is 0.361 e. The molecule has 0 unspecified atom stereocenters. The van der Waals surface area contributed by atoms with E-state index in [4.69, 9.17) is 0 Å². The topological polar surface area (TPSA) is 80.9 Å². The molecule has 1 N–H and O–H groups in total. The third-order valence-electron chi connectivity index (χ3n) is 6.27. The standard InChI is InChI=1S/C27H19F3N6O/c1-16-2-5-18(6-3-16)21-14-33-36-25(24(21)20-7-8-22-19(12-20)10-11-31-22)34-35(26(36)37)15-17-4-9-23(32-13-17)27(28,29)30/h2-14,31H,15H2,1H3. The summed E-state index contributed by atoms with van der Waals surface area (Å²) in [4.78, 5) is 19.9. The molecule has 6 rings (SSSR count). The van der Waals surface area contributed by atoms with Crippen LogP contribution in [0.15, 0.2) is 84.0 Å². The van der Waals surface area contributed by atoms with Crippen LogP contribution in [-0.2, 0) is 12.7 Å². The van der Waals surface area contributed by atoms with E-state index in [2.05, 4.69) is 20.2 Å². The number of aryl methyl sites for hydroxylation is 1. The van der Waals surface area contributed by atoms with Gasteiger partial charge in [-0.2, -0.15) is 22.8 Å². The molecule has 0 saturated carbocycles. The second-order valence-electron chi connectivity index (χ2n) is 8.80. The molecule has 10 heteroatoms. The highest BCUT2D eigenvalue weighted by Gasteiger charge is 2.32. The fourth-order valence-electron chi connectivity index (χ4n) is 4.37. The van der Waals surface area contributed by atoms with E-state index in [1.165, 1.54) is 15.3 Å². The van der Waals surface area contributed by atoms with Gasteiger partial charge in [0, 0.05) is 29.0 Å². The third kappa shape index (κ3) is 4.06. The van der Waals surface area contributed by atoms with Crippen molar-refractivity contribution in [1.29, 1.82) is 0 Å². The Morgan fingerprint density at radius 1 is 0.946 bits per heavy atom. The monoisotopic (exact) mass is 500 g/mol. The first-order chi connectivity index (χ1) is 17.8. The van der Waals surface area contributed by atoms with E-state index in [1.807, 2.05) is 61.7 Å². The Labute approximate surface area is 207 Å². The number of hydrogen-bond donors (Lipinski definition) is 1. The number of aromatic amines is 1. The van der Waals surface area contributed by atoms with Crippen LogP contribution >= 0.6 is 0 Å². The lowest BCUT2D eigenvalue weighted by molar-refractivity contribution is -0.141. The van der Waals surface area contributed by atoms with E-state index in [9.17, 15) is 18.0 Å². The van der Waals surface area contributed by atoms with E-state index < -0.39 is 17.6 Å². The largest absolute Gasteiger partial charge is 0.433 e. The predicted octanol–water partition coefficient (Wildman–Crippen LogP) is 5.48. The number of pyridine rings is 1. The van der Waals surface area contributed by atoms with Crippen LogP contribution in [0.25, 0.3) is 38.8 Å². The van der Waals surface area contributed by atoms with Crippen molar-refractivity contribution in [2.24, 2.45) is 0 Å². The van der Waals surface area contributed by atoms with Crippen LogP contribution in [0.1, 0.15) is 16.8 Å². The zero-order valence-corrected chi connectivity index (χ0v) is 19.5. The summed E-state index contributed by atoms with van der Waals surface area (Å²) < 4.78 is 41.1. The average molecular weight is 500 g/mol. The highest BCUT2D eigenvalue weighted by atomic mass is 19.4. The minimum Gasteiger partial charge on any atom is -0.361 e. The number of halogens is 3. The highest BCUT2D eigenvalue weighted by Crippen LogP contribution is 2.35. The van der Waals surface area contributed by atoms with Crippen molar-refractivity contribution in [2.75, 3.05) is 0 Å². The van der Waals surface area contributed by atoms with Crippen molar-refractivity contribution in [3.05, 3.63) is 107 Å². The number of nitrogens with one attached hydrogen (secondary N) is 1. The number of nitrogens with zero attached hydrogens (tertiary/aromatic N) is 5. The first-order valence-electron chi connectivity index (χ1n) is 11.4. The van der Waals surface area contributed by atoms with Gasteiger partial charge in [-0.25, -0.2) is 9.48 Å². The molecule has 2 aromatic carbocycles. The fraction of sp³-hybridized carbons (Fsp3) is 0.111. The van der Waals surface area contributed by atoms with Gasteiger partial charge in [0.25, 0.3) is 0 Å². The molecule has 0 aliphatic rings. The van der Waals surface area contributed by atoms with E-state index in [-0.39, 0.29) is 6.54 Å². The Morgan fingerprint density at radius 3 is 2.46 bits per heavy atom. The molecule has 7 nitrogen and oxygen atoms in total. The van der Waals surface area contributed by atoms with E-state index >= 15 is 0 Å². The zero-order chi connectivity index (χ0) is 25.7. The maximum atomic E-state index is 13.2. The molecule has 0 spiro atoms. The molecule has 0 saturated heterocycles. The van der Waals surface area contributed by atoms with E-state index in [0.29, 0.717) is 11.2 Å². The summed E-state index contributed by atoms with van der Waals surface area (Å²) >= 11 is 0. The maximum Gasteiger partial charge on any atom is 0.433 e. The summed E-state index contributed by atoms with van der Waals surface area (Å²) in [5.74, 6) is 0. The molecule has 0 radical (unpaired) electrons. The molecule has 0 bridgehead atoms. The summed E-state index contributed by atoms with van der Waals surface area (Å²) in [5, 5.41) is 9.95. The number of rotatable bonds is 4. The lowest BCUT2D eigenvalue weighted by Crippen LogP contribution is -2.23. The van der Waals surface area contributed by atoms with Crippen molar-refractivity contribution in [3.63, 3.8) is 0 Å². The number of fused-ring (bicyclic) bond motifs is 2. The minimum atomic E-state index is -4.54. The van der Waals surface area contributed by atoms with Crippen molar-refractivity contribution in [3.8, 4) is 22.3 Å². The first-order valence-corrected chi connectivity index (χ1v) is 11.4. The molecular formula is C27H19F3N6O. The lowest BCUT2D eigenvalue weighted by atomic mass is 9.96. The molecule has 0 fully saturated rings. The van der Waals surface area contributed by atoms with E-state index in [0.717, 1.165) is 51.0 Å². The third-order valence-corrected chi connectivity index (χ3v) is 6.27. The maximum absolute atomic E-state index is 13.2. The first kappa shape index (κ1) is 22.7. The quantitative estimate of drug-likeness (QED) is 0.348. The molecular weight excluding hydrogens is 481 g/mol. The van der Waals surface area contributed by atoms with Gasteiger partial charge in [-0.1, -0.05) is 42.0 Å². The molecule has 4 heterocycles. The lowest BCUT2D eigenvalue weighted by Gasteiger charge is -2.11. The number of aromatic nitrogens is 6. The van der Waals surface area contributed by atoms with Crippen LogP contribution < -0.4 is 5.69 Å². The van der Waals surface area contributed by atoms with Crippen molar-refractivity contribution < 1.29 is 13.2 Å². The SMILES string of the molecule is Cc1ccc(-c2cnn3c(=O)n(Cc4ccc(C(F)(F)F)nc4)nc3c2-c2ccc3[nH]ccc3c2)cc1. The number of alkyl halides is 3. The van der Waals surface area contributed by atoms with Crippen LogP contribution in [0.5, 0.6) is 0 Å². The summed E-state index contributed by atoms with van der Waals surface area (Å²) in [5.41, 5.74) is 4.63. The average Bonchev–Trinajstić information content (AvgIpc) is 3.48. The number of H-pyrrole nitrogens is 1. The van der Waals surface area contributed by atoms with Gasteiger partial charge in [-0.15, -0.1) is 5.10 Å². The van der Waals surface area contributed by atoms with Crippen LogP contribution in [0.3, 0.4) is 0 Å². The normalized spacial score (nSPS) is 12.0. The van der Waals surface area contributed by atoms with Crippen molar-refractivity contribution >= 4 is 16.6 Å². The molecule has 184 valence electrons. The van der Waals surface area contributed by atoms with Gasteiger partial charge in [-0.05, 0) is 53.3 Å². The van der Waals surface area contributed by atoms with Crippen LogP contribution in [-0.4, -0.2) is 29.4 Å². The van der Waals surface area contributed by atoms with Crippen LogP contribution in [0, 0.1) is 6.92 Å². The van der Waals surface area contributed by atoms with Crippen LogP contribution in [0.4, 0.5) is 13.2 Å². The second-order valence-corrected chi connectivity index (χ2v) is 8.80. The minimum absolute atomic E-state index is 0.0521. The van der Waals surface area contributed by atoms with Gasteiger partial charge in [0.05, 0.1) is 12.7 Å². The van der Waals surface area contributed by atoms with Gasteiger partial charge in [0.2, 0.25) is 0 Å². The highest BCUT2D eigenvalue weighted by molar-refractivity contribution is 5.95. The summed E-state index contributed by atoms with van der Waals surface area (Å²) in [6, 6.07) is 18.1.